The molecule has 1 fully saturated rings. The fourth-order valence-electron chi connectivity index (χ4n) is 4.10. The third kappa shape index (κ3) is 4.89. The Bertz CT molecular complexity index is 848. The molecule has 2 aromatic heterocycles. The zero-order valence-electron chi connectivity index (χ0n) is 17.9. The number of aromatic hydroxyl groups is 1. The molecule has 0 spiro atoms. The Labute approximate surface area is 172 Å². The molecule has 0 saturated heterocycles. The van der Waals surface area contributed by atoms with E-state index in [0.717, 1.165) is 37.9 Å². The zero-order valence-corrected chi connectivity index (χ0v) is 17.9. The summed E-state index contributed by atoms with van der Waals surface area (Å²) in [5.74, 6) is 1.29. The number of aromatic nitrogens is 3. The number of rotatable bonds is 6. The van der Waals surface area contributed by atoms with Gasteiger partial charge in [-0.25, -0.2) is 9.67 Å². The summed E-state index contributed by atoms with van der Waals surface area (Å²) in [4.78, 5) is 17.5. The maximum atomic E-state index is 12.8. The quantitative estimate of drug-likeness (QED) is 0.692. The number of nitrogens with one attached hydrogen (secondary N) is 1. The van der Waals surface area contributed by atoms with E-state index in [4.69, 9.17) is 9.72 Å². The van der Waals surface area contributed by atoms with E-state index in [1.165, 1.54) is 0 Å². The van der Waals surface area contributed by atoms with Gasteiger partial charge >= 0.3 is 5.97 Å². The SMILES string of the molecule is CCOC(=O)C1(Cc2cc(O)cc(Nc3ccnn3C(C)(C)C)n2)CCCCC1. The van der Waals surface area contributed by atoms with Crippen molar-refractivity contribution in [1.82, 2.24) is 14.8 Å². The lowest BCUT2D eigenvalue weighted by molar-refractivity contribution is -0.157. The first kappa shape index (κ1) is 21.1. The maximum Gasteiger partial charge on any atom is 0.312 e. The number of esters is 1. The number of pyridine rings is 1. The lowest BCUT2D eigenvalue weighted by Crippen LogP contribution is -2.37. The molecule has 7 nitrogen and oxygen atoms in total. The van der Waals surface area contributed by atoms with Gasteiger partial charge in [0.25, 0.3) is 0 Å². The average molecular weight is 401 g/mol. The number of carbonyl (C=O) groups excluding carboxylic acids is 1. The summed E-state index contributed by atoms with van der Waals surface area (Å²) in [6, 6.07) is 5.10. The molecule has 0 bridgehead atoms. The van der Waals surface area contributed by atoms with E-state index in [1.807, 2.05) is 17.7 Å². The average Bonchev–Trinajstić information content (AvgIpc) is 3.10. The highest BCUT2D eigenvalue weighted by atomic mass is 16.5. The molecule has 158 valence electrons. The van der Waals surface area contributed by atoms with Gasteiger partial charge in [-0.05, 0) is 40.5 Å². The summed E-state index contributed by atoms with van der Waals surface area (Å²) >= 11 is 0. The number of ether oxygens (including phenoxy) is 1. The highest BCUT2D eigenvalue weighted by molar-refractivity contribution is 5.77. The van der Waals surface area contributed by atoms with Gasteiger partial charge < -0.3 is 15.2 Å². The first-order valence-corrected chi connectivity index (χ1v) is 10.4. The largest absolute Gasteiger partial charge is 0.508 e. The Hall–Kier alpha value is -2.57. The molecule has 0 radical (unpaired) electrons. The van der Waals surface area contributed by atoms with Crippen molar-refractivity contribution in [1.29, 1.82) is 0 Å². The Morgan fingerprint density at radius 1 is 1.28 bits per heavy atom. The summed E-state index contributed by atoms with van der Waals surface area (Å²) in [6.45, 7) is 8.41. The van der Waals surface area contributed by atoms with Crippen LogP contribution in [0.25, 0.3) is 0 Å². The molecular formula is C22H32N4O3. The summed E-state index contributed by atoms with van der Waals surface area (Å²) < 4.78 is 7.27. The highest BCUT2D eigenvalue weighted by Gasteiger charge is 2.41. The number of anilines is 2. The molecule has 2 heterocycles. The molecule has 0 amide bonds. The maximum absolute atomic E-state index is 12.8. The minimum atomic E-state index is -0.556. The number of carbonyl (C=O) groups is 1. The van der Waals surface area contributed by atoms with Gasteiger partial charge in [-0.3, -0.25) is 4.79 Å². The molecule has 1 aliphatic rings. The summed E-state index contributed by atoms with van der Waals surface area (Å²) in [5, 5.41) is 17.9. The van der Waals surface area contributed by atoms with Crippen molar-refractivity contribution in [2.24, 2.45) is 5.41 Å². The van der Waals surface area contributed by atoms with Gasteiger partial charge in [0.05, 0.1) is 23.8 Å². The second kappa shape index (κ2) is 8.43. The van der Waals surface area contributed by atoms with Crippen molar-refractivity contribution in [2.45, 2.75) is 71.8 Å². The monoisotopic (exact) mass is 400 g/mol. The molecular weight excluding hydrogens is 368 g/mol. The Kier molecular flexibility index (Phi) is 6.15. The van der Waals surface area contributed by atoms with Gasteiger partial charge in [-0.2, -0.15) is 5.10 Å². The van der Waals surface area contributed by atoms with Crippen LogP contribution in [0.15, 0.2) is 24.4 Å². The van der Waals surface area contributed by atoms with Crippen LogP contribution in [0.1, 0.15) is 65.5 Å². The molecule has 0 aliphatic heterocycles. The van der Waals surface area contributed by atoms with Crippen molar-refractivity contribution < 1.29 is 14.6 Å². The van der Waals surface area contributed by atoms with Crippen LogP contribution >= 0.6 is 0 Å². The molecule has 2 N–H and O–H groups in total. The molecule has 0 unspecified atom stereocenters. The van der Waals surface area contributed by atoms with Gasteiger partial charge in [0.2, 0.25) is 0 Å². The summed E-state index contributed by atoms with van der Waals surface area (Å²) in [6.07, 6.45) is 6.94. The van der Waals surface area contributed by atoms with Crippen LogP contribution in [0.3, 0.4) is 0 Å². The Morgan fingerprint density at radius 3 is 2.66 bits per heavy atom. The van der Waals surface area contributed by atoms with Crippen LogP contribution in [0, 0.1) is 5.41 Å². The van der Waals surface area contributed by atoms with Gasteiger partial charge in [-0.1, -0.05) is 19.3 Å². The minimum Gasteiger partial charge on any atom is -0.508 e. The van der Waals surface area contributed by atoms with Gasteiger partial charge in [-0.15, -0.1) is 0 Å². The topological polar surface area (TPSA) is 89.3 Å². The first-order chi connectivity index (χ1) is 13.7. The van der Waals surface area contributed by atoms with E-state index in [-0.39, 0.29) is 17.3 Å². The van der Waals surface area contributed by atoms with Crippen LogP contribution in [-0.2, 0) is 21.5 Å². The van der Waals surface area contributed by atoms with Crippen LogP contribution in [-0.4, -0.2) is 32.4 Å². The highest BCUT2D eigenvalue weighted by Crippen LogP contribution is 2.41. The second-order valence-electron chi connectivity index (χ2n) is 8.86. The second-order valence-corrected chi connectivity index (χ2v) is 8.86. The molecule has 1 saturated carbocycles. The Balaban J connectivity index is 1.87. The van der Waals surface area contributed by atoms with E-state index in [1.54, 1.807) is 18.3 Å². The van der Waals surface area contributed by atoms with E-state index in [9.17, 15) is 9.90 Å². The van der Waals surface area contributed by atoms with Crippen molar-refractivity contribution in [3.63, 3.8) is 0 Å². The molecule has 1 aliphatic carbocycles. The van der Waals surface area contributed by atoms with Crippen LogP contribution in [0.2, 0.25) is 0 Å². The molecule has 7 heteroatoms. The fraction of sp³-hybridized carbons (Fsp3) is 0.591. The van der Waals surface area contributed by atoms with Crippen LogP contribution in [0.4, 0.5) is 11.6 Å². The minimum absolute atomic E-state index is 0.120. The third-order valence-electron chi connectivity index (χ3n) is 5.44. The van der Waals surface area contributed by atoms with E-state index < -0.39 is 5.41 Å². The fourth-order valence-corrected chi connectivity index (χ4v) is 4.10. The van der Waals surface area contributed by atoms with Crippen molar-refractivity contribution >= 4 is 17.6 Å². The molecule has 0 atom stereocenters. The van der Waals surface area contributed by atoms with Gasteiger partial charge in [0, 0.05) is 30.3 Å². The summed E-state index contributed by atoms with van der Waals surface area (Å²) in [7, 11) is 0. The van der Waals surface area contributed by atoms with Gasteiger partial charge in [0.1, 0.15) is 17.4 Å². The molecule has 2 aromatic rings. The lowest BCUT2D eigenvalue weighted by Gasteiger charge is -2.34. The van der Waals surface area contributed by atoms with Gasteiger partial charge in [0.15, 0.2) is 0 Å². The summed E-state index contributed by atoms with van der Waals surface area (Å²) in [5.41, 5.74) is -0.0644. The normalized spacial score (nSPS) is 16.4. The predicted molar refractivity (Wildman–Crippen MR) is 112 cm³/mol. The number of hydrogen-bond acceptors (Lipinski definition) is 6. The molecule has 29 heavy (non-hydrogen) atoms. The van der Waals surface area contributed by atoms with E-state index >= 15 is 0 Å². The molecule has 3 rings (SSSR count). The molecule has 0 aromatic carbocycles. The zero-order chi connectivity index (χ0) is 21.1. The third-order valence-corrected chi connectivity index (χ3v) is 5.44. The number of nitrogens with zero attached hydrogens (tertiary/aromatic N) is 3. The smallest absolute Gasteiger partial charge is 0.312 e. The van der Waals surface area contributed by atoms with Crippen molar-refractivity contribution in [2.75, 3.05) is 11.9 Å². The predicted octanol–water partition coefficient (Wildman–Crippen LogP) is 4.54. The number of hydrogen-bond donors (Lipinski definition) is 2. The van der Waals surface area contributed by atoms with E-state index in [0.29, 0.717) is 24.5 Å². The first-order valence-electron chi connectivity index (χ1n) is 10.4. The Morgan fingerprint density at radius 2 is 2.00 bits per heavy atom. The van der Waals surface area contributed by atoms with Crippen molar-refractivity contribution in [3.8, 4) is 5.75 Å². The standard InChI is InChI=1S/C22H32N4O3/c1-5-29-20(28)22(10-7-6-8-11-22)15-16-13-17(27)14-18(24-16)25-19-9-12-23-26(19)21(2,3)4/h9,12-14H,5-8,10-11,15H2,1-4H3,(H2,24,25,27). The lowest BCUT2D eigenvalue weighted by atomic mass is 9.71. The van der Waals surface area contributed by atoms with Crippen LogP contribution < -0.4 is 5.32 Å². The van der Waals surface area contributed by atoms with Crippen LogP contribution in [0.5, 0.6) is 5.75 Å². The van der Waals surface area contributed by atoms with E-state index in [2.05, 4.69) is 31.2 Å². The van der Waals surface area contributed by atoms with Crippen molar-refractivity contribution in [3.05, 3.63) is 30.1 Å².